The quantitative estimate of drug-likeness (QED) is 0.568. The highest BCUT2D eigenvalue weighted by Crippen LogP contribution is 2.44. The normalized spacial score (nSPS) is 25.9. The Balaban J connectivity index is 1.54. The molecule has 2 fully saturated rings. The van der Waals surface area contributed by atoms with E-state index in [0.29, 0.717) is 34.9 Å². The van der Waals surface area contributed by atoms with Gasteiger partial charge in [-0.3, -0.25) is 4.79 Å². The van der Waals surface area contributed by atoms with Crippen LogP contribution in [0.3, 0.4) is 0 Å². The number of carbonyl (C=O) groups is 1. The van der Waals surface area contributed by atoms with E-state index in [-0.39, 0.29) is 31.5 Å². The molecular weight excluding hydrogens is 403 g/mol. The molecule has 1 N–H and O–H groups in total. The van der Waals surface area contributed by atoms with Crippen molar-refractivity contribution in [1.29, 1.82) is 0 Å². The van der Waals surface area contributed by atoms with Crippen molar-refractivity contribution in [3.63, 3.8) is 0 Å². The summed E-state index contributed by atoms with van der Waals surface area (Å²) in [5.41, 5.74) is 0.782. The molecule has 2 heterocycles. The number of rotatable bonds is 5. The summed E-state index contributed by atoms with van der Waals surface area (Å²) in [6.07, 6.45) is 1.30. The monoisotopic (exact) mass is 427 g/mol. The van der Waals surface area contributed by atoms with Crippen LogP contribution < -0.4 is 0 Å². The summed E-state index contributed by atoms with van der Waals surface area (Å²) in [6.45, 7) is 0. The fourth-order valence-electron chi connectivity index (χ4n) is 4.80. The molecule has 2 aliphatic rings. The molecule has 0 radical (unpaired) electrons. The topological polar surface area (TPSA) is 41.7 Å². The lowest BCUT2D eigenvalue weighted by molar-refractivity contribution is -0.201. The van der Waals surface area contributed by atoms with Crippen molar-refractivity contribution in [2.75, 3.05) is 0 Å². The van der Waals surface area contributed by atoms with E-state index in [1.807, 2.05) is 22.7 Å². The van der Waals surface area contributed by atoms with Crippen molar-refractivity contribution in [3.8, 4) is 0 Å². The highest BCUT2D eigenvalue weighted by atomic mass is 35.5. The van der Waals surface area contributed by atoms with Gasteiger partial charge < -0.3 is 9.51 Å². The van der Waals surface area contributed by atoms with Gasteiger partial charge in [-0.15, -0.1) is 0 Å². The molecule has 0 aliphatic heterocycles. The van der Waals surface area contributed by atoms with E-state index in [1.54, 1.807) is 6.07 Å². The first-order valence-corrected chi connectivity index (χ1v) is 10.7. The van der Waals surface area contributed by atoms with E-state index in [0.717, 1.165) is 25.0 Å². The third-order valence-electron chi connectivity index (χ3n) is 6.70. The summed E-state index contributed by atoms with van der Waals surface area (Å²) in [6, 6.07) is 5.46. The maximum Gasteiger partial charge on any atom is 0.391 e. The van der Waals surface area contributed by atoms with Crippen LogP contribution >= 0.6 is 11.6 Å². The van der Waals surface area contributed by atoms with E-state index in [2.05, 4.69) is 0 Å². The predicted molar refractivity (Wildman–Crippen MR) is 106 cm³/mol. The lowest BCUT2D eigenvalue weighted by Crippen LogP contribution is -2.40. The molecule has 29 heavy (non-hydrogen) atoms. The summed E-state index contributed by atoms with van der Waals surface area (Å²) in [7, 11) is 0. The van der Waals surface area contributed by atoms with Gasteiger partial charge in [0.2, 0.25) is 0 Å². The summed E-state index contributed by atoms with van der Waals surface area (Å²) in [4.78, 5) is 13.0. The Morgan fingerprint density at radius 3 is 2.69 bits per heavy atom. The lowest BCUT2D eigenvalue weighted by atomic mass is 9.75. The Kier molecular flexibility index (Phi) is 5.45. The number of fused-ring (bicyclic) bond motifs is 1. The van der Waals surface area contributed by atoms with E-state index in [1.165, 1.54) is 0 Å². The summed E-state index contributed by atoms with van der Waals surface area (Å²) >= 11 is 6.38. The number of aromatic nitrogens is 1. The second kappa shape index (κ2) is 7.62. The first-order chi connectivity index (χ1) is 13.7. The van der Waals surface area contributed by atoms with Gasteiger partial charge in [0.1, 0.15) is 0 Å². The number of nitrogens with zero attached hydrogens (tertiary/aromatic N) is 1. The molecule has 0 bridgehead atoms. The van der Waals surface area contributed by atoms with Gasteiger partial charge >= 0.3 is 6.18 Å². The highest BCUT2D eigenvalue weighted by Gasteiger charge is 2.46. The number of aliphatic hydroxyl groups is 1. The molecule has 158 valence electrons. The van der Waals surface area contributed by atoms with Crippen LogP contribution in [-0.4, -0.2) is 27.1 Å². The molecule has 3 nitrogen and oxygen atoms in total. The van der Waals surface area contributed by atoms with Crippen molar-refractivity contribution in [1.82, 2.24) is 4.40 Å². The van der Waals surface area contributed by atoms with E-state index in [4.69, 9.17) is 11.6 Å². The van der Waals surface area contributed by atoms with E-state index < -0.39 is 17.7 Å². The number of hydrogen-bond acceptors (Lipinski definition) is 2. The number of hydrogen-bond donors (Lipinski definition) is 1. The molecule has 0 saturated heterocycles. The van der Waals surface area contributed by atoms with Crippen LogP contribution in [0.2, 0.25) is 5.02 Å². The first-order valence-electron chi connectivity index (χ1n) is 10.3. The second-order valence-corrected chi connectivity index (χ2v) is 9.08. The van der Waals surface area contributed by atoms with Gasteiger partial charge in [-0.25, -0.2) is 0 Å². The minimum Gasteiger partial charge on any atom is -0.390 e. The molecular formula is C22H25ClF3NO2. The Labute approximate surface area is 172 Å². The zero-order valence-electron chi connectivity index (χ0n) is 16.1. The molecule has 0 amide bonds. The summed E-state index contributed by atoms with van der Waals surface area (Å²) in [5, 5.41) is 11.2. The highest BCUT2D eigenvalue weighted by molar-refractivity contribution is 6.35. The largest absolute Gasteiger partial charge is 0.391 e. The average Bonchev–Trinajstić information content (AvgIpc) is 2.98. The molecule has 2 saturated carbocycles. The van der Waals surface area contributed by atoms with Crippen molar-refractivity contribution >= 4 is 22.9 Å². The molecule has 2 aromatic rings. The second-order valence-electron chi connectivity index (χ2n) is 8.67. The fraction of sp³-hybridized carbons (Fsp3) is 0.591. The van der Waals surface area contributed by atoms with Gasteiger partial charge in [0.15, 0.2) is 5.78 Å². The lowest BCUT2D eigenvalue weighted by Gasteiger charge is -2.37. The predicted octanol–water partition coefficient (Wildman–Crippen LogP) is 6.31. The van der Waals surface area contributed by atoms with Crippen molar-refractivity contribution in [3.05, 3.63) is 40.7 Å². The standard InChI is InChI=1S/C22H25ClF3NO2/c23-17-7-3-11-27-18(14-4-1-5-14)12-16(20(17)27)19(28)8-10-21(29)9-2-6-15(13-21)22(24,25)26/h3,7,11-12,14-15,29H,1-2,4-6,8-10,13H2. The summed E-state index contributed by atoms with van der Waals surface area (Å²) in [5.74, 6) is -1.27. The number of pyridine rings is 1. The number of carbonyl (C=O) groups excluding carboxylic acids is 1. The SMILES string of the molecule is O=C(CCC1(O)CCCC(C(F)(F)F)C1)c1cc(C2CCC2)n2cccc(Cl)c12. The zero-order chi connectivity index (χ0) is 20.8. The first kappa shape index (κ1) is 20.7. The molecule has 2 unspecified atom stereocenters. The van der Waals surface area contributed by atoms with Gasteiger partial charge in [-0.05, 0) is 69.1 Å². The van der Waals surface area contributed by atoms with Crippen LogP contribution in [0.1, 0.15) is 79.8 Å². The van der Waals surface area contributed by atoms with Gasteiger partial charge in [0.05, 0.1) is 22.1 Å². The third kappa shape index (κ3) is 4.06. The molecule has 4 rings (SSSR count). The van der Waals surface area contributed by atoms with Gasteiger partial charge in [0.25, 0.3) is 0 Å². The van der Waals surface area contributed by atoms with Gasteiger partial charge in [-0.2, -0.15) is 13.2 Å². The van der Waals surface area contributed by atoms with Crippen molar-refractivity contribution in [2.45, 2.75) is 75.5 Å². The number of ketones is 1. The van der Waals surface area contributed by atoms with Crippen molar-refractivity contribution < 1.29 is 23.1 Å². The average molecular weight is 428 g/mol. The maximum atomic E-state index is 13.1. The Hall–Kier alpha value is -1.53. The maximum absolute atomic E-state index is 13.1. The number of alkyl halides is 3. The Morgan fingerprint density at radius 2 is 2.03 bits per heavy atom. The Morgan fingerprint density at radius 1 is 1.28 bits per heavy atom. The third-order valence-corrected chi connectivity index (χ3v) is 7.00. The fourth-order valence-corrected chi connectivity index (χ4v) is 5.07. The van der Waals surface area contributed by atoms with Crippen LogP contribution in [-0.2, 0) is 0 Å². The van der Waals surface area contributed by atoms with Crippen molar-refractivity contribution in [2.24, 2.45) is 5.92 Å². The molecule has 2 aromatic heterocycles. The Bertz CT molecular complexity index is 919. The molecule has 0 spiro atoms. The van der Waals surface area contributed by atoms with Gasteiger partial charge in [0, 0.05) is 23.9 Å². The number of halogens is 4. The van der Waals surface area contributed by atoms with Crippen LogP contribution in [0.5, 0.6) is 0 Å². The van der Waals surface area contributed by atoms with Crippen LogP contribution in [0.4, 0.5) is 13.2 Å². The molecule has 7 heteroatoms. The summed E-state index contributed by atoms with van der Waals surface area (Å²) < 4.78 is 41.2. The van der Waals surface area contributed by atoms with Gasteiger partial charge in [-0.1, -0.05) is 18.0 Å². The van der Waals surface area contributed by atoms with Crippen LogP contribution in [0, 0.1) is 5.92 Å². The minimum atomic E-state index is -4.30. The number of Topliss-reactive ketones (excluding diaryl/α,β-unsaturated/α-hetero) is 1. The smallest absolute Gasteiger partial charge is 0.390 e. The molecule has 0 aromatic carbocycles. The zero-order valence-corrected chi connectivity index (χ0v) is 16.9. The molecule has 2 atom stereocenters. The minimum absolute atomic E-state index is 0.0100. The molecule has 2 aliphatic carbocycles. The van der Waals surface area contributed by atoms with E-state index >= 15 is 0 Å². The van der Waals surface area contributed by atoms with Crippen LogP contribution in [0.25, 0.3) is 5.52 Å². The van der Waals surface area contributed by atoms with E-state index in [9.17, 15) is 23.1 Å². The van der Waals surface area contributed by atoms with Crippen LogP contribution in [0.15, 0.2) is 24.4 Å².